The fourth-order valence-corrected chi connectivity index (χ4v) is 3.63. The van der Waals surface area contributed by atoms with Gasteiger partial charge in [0, 0.05) is 29.7 Å². The highest BCUT2D eigenvalue weighted by molar-refractivity contribution is 9.11. The summed E-state index contributed by atoms with van der Waals surface area (Å²) in [4.78, 5) is 0. The van der Waals surface area contributed by atoms with Crippen LogP contribution in [0.4, 0.5) is 0 Å². The summed E-state index contributed by atoms with van der Waals surface area (Å²) in [6, 6.07) is 4.12. The van der Waals surface area contributed by atoms with E-state index in [9.17, 15) is 0 Å². The minimum Gasteiger partial charge on any atom is -0.492 e. The molecule has 5 heteroatoms. The zero-order valence-corrected chi connectivity index (χ0v) is 14.2. The van der Waals surface area contributed by atoms with E-state index in [2.05, 4.69) is 43.2 Å². The van der Waals surface area contributed by atoms with Gasteiger partial charge in [0.2, 0.25) is 0 Å². The molecule has 1 aromatic rings. The van der Waals surface area contributed by atoms with Gasteiger partial charge in [-0.25, -0.2) is 0 Å². The van der Waals surface area contributed by atoms with E-state index in [0.717, 1.165) is 47.4 Å². The molecule has 1 saturated heterocycles. The van der Waals surface area contributed by atoms with Crippen molar-refractivity contribution in [2.45, 2.75) is 19.9 Å². The van der Waals surface area contributed by atoms with E-state index in [0.29, 0.717) is 12.5 Å². The molecule has 3 nitrogen and oxygen atoms in total. The molecule has 0 amide bonds. The Morgan fingerprint density at radius 1 is 1.42 bits per heavy atom. The molecule has 19 heavy (non-hydrogen) atoms. The Morgan fingerprint density at radius 3 is 2.95 bits per heavy atom. The van der Waals surface area contributed by atoms with E-state index < -0.39 is 0 Å². The summed E-state index contributed by atoms with van der Waals surface area (Å²) >= 11 is 7.08. The van der Waals surface area contributed by atoms with Crippen LogP contribution >= 0.6 is 31.9 Å². The SMILES string of the molecule is CCOc1c(Br)cc(Br)cc1CNCC1CCOC1. The van der Waals surface area contributed by atoms with Gasteiger partial charge in [-0.05, 0) is 47.3 Å². The van der Waals surface area contributed by atoms with Gasteiger partial charge in [0.05, 0.1) is 17.7 Å². The molecule has 1 aliphatic rings. The molecule has 1 atom stereocenters. The summed E-state index contributed by atoms with van der Waals surface area (Å²) in [5.41, 5.74) is 1.17. The quantitative estimate of drug-likeness (QED) is 0.799. The molecule has 1 fully saturated rings. The minimum absolute atomic E-state index is 0.645. The van der Waals surface area contributed by atoms with Crippen molar-refractivity contribution >= 4 is 31.9 Å². The van der Waals surface area contributed by atoms with Crippen molar-refractivity contribution in [1.29, 1.82) is 0 Å². The van der Waals surface area contributed by atoms with Crippen LogP contribution in [-0.2, 0) is 11.3 Å². The number of rotatable bonds is 6. The summed E-state index contributed by atoms with van der Waals surface area (Å²) in [7, 11) is 0. The topological polar surface area (TPSA) is 30.5 Å². The number of hydrogen-bond acceptors (Lipinski definition) is 3. The summed E-state index contributed by atoms with van der Waals surface area (Å²) in [6.45, 7) is 6.26. The Morgan fingerprint density at radius 2 is 2.26 bits per heavy atom. The first-order valence-electron chi connectivity index (χ1n) is 6.60. The molecule has 1 N–H and O–H groups in total. The normalized spacial score (nSPS) is 18.8. The molecule has 1 aromatic carbocycles. The minimum atomic E-state index is 0.645. The molecule has 1 unspecified atom stereocenters. The molecule has 0 saturated carbocycles. The van der Waals surface area contributed by atoms with Gasteiger partial charge in [-0.1, -0.05) is 15.9 Å². The molecule has 2 rings (SSSR count). The lowest BCUT2D eigenvalue weighted by molar-refractivity contribution is 0.185. The van der Waals surface area contributed by atoms with Crippen molar-refractivity contribution in [3.63, 3.8) is 0 Å². The average Bonchev–Trinajstić information content (AvgIpc) is 2.86. The molecule has 0 aromatic heterocycles. The Bertz CT molecular complexity index is 420. The van der Waals surface area contributed by atoms with E-state index in [1.54, 1.807) is 0 Å². The van der Waals surface area contributed by atoms with Crippen molar-refractivity contribution in [1.82, 2.24) is 5.32 Å². The maximum absolute atomic E-state index is 5.71. The molecule has 106 valence electrons. The van der Waals surface area contributed by atoms with Gasteiger partial charge in [0.25, 0.3) is 0 Å². The van der Waals surface area contributed by atoms with Gasteiger partial charge >= 0.3 is 0 Å². The molecule has 0 spiro atoms. The van der Waals surface area contributed by atoms with Gasteiger partial charge in [-0.3, -0.25) is 0 Å². The van der Waals surface area contributed by atoms with Crippen LogP contribution in [0.1, 0.15) is 18.9 Å². The van der Waals surface area contributed by atoms with Crippen molar-refractivity contribution in [2.24, 2.45) is 5.92 Å². The zero-order valence-electron chi connectivity index (χ0n) is 11.0. The lowest BCUT2D eigenvalue weighted by Crippen LogP contribution is -2.23. The van der Waals surface area contributed by atoms with Gasteiger partial charge in [0.15, 0.2) is 0 Å². The first-order chi connectivity index (χ1) is 9.20. The van der Waals surface area contributed by atoms with Crippen LogP contribution < -0.4 is 10.1 Å². The fourth-order valence-electron chi connectivity index (χ4n) is 2.21. The fraction of sp³-hybridized carbons (Fsp3) is 0.571. The summed E-state index contributed by atoms with van der Waals surface area (Å²) in [6.07, 6.45) is 1.16. The maximum atomic E-state index is 5.71. The molecule has 0 aliphatic carbocycles. The van der Waals surface area contributed by atoms with Crippen LogP contribution in [0.2, 0.25) is 0 Å². The number of hydrogen-bond donors (Lipinski definition) is 1. The molecule has 1 heterocycles. The van der Waals surface area contributed by atoms with Gasteiger partial charge < -0.3 is 14.8 Å². The molecule has 0 bridgehead atoms. The van der Waals surface area contributed by atoms with Crippen LogP contribution in [0.25, 0.3) is 0 Å². The smallest absolute Gasteiger partial charge is 0.138 e. The van der Waals surface area contributed by atoms with Gasteiger partial charge in [-0.15, -0.1) is 0 Å². The third-order valence-corrected chi connectivity index (χ3v) is 4.19. The highest BCUT2D eigenvalue weighted by Gasteiger charge is 2.15. The number of ether oxygens (including phenoxy) is 2. The van der Waals surface area contributed by atoms with Crippen LogP contribution in [-0.4, -0.2) is 26.4 Å². The second kappa shape index (κ2) is 7.62. The van der Waals surface area contributed by atoms with Crippen molar-refractivity contribution in [2.75, 3.05) is 26.4 Å². The summed E-state index contributed by atoms with van der Waals surface area (Å²) < 4.78 is 13.1. The van der Waals surface area contributed by atoms with E-state index in [-0.39, 0.29) is 0 Å². The third kappa shape index (κ3) is 4.45. The van der Waals surface area contributed by atoms with E-state index in [4.69, 9.17) is 9.47 Å². The Kier molecular flexibility index (Phi) is 6.13. The number of halogens is 2. The third-order valence-electron chi connectivity index (χ3n) is 3.15. The monoisotopic (exact) mass is 391 g/mol. The number of nitrogens with one attached hydrogen (secondary N) is 1. The number of benzene rings is 1. The first-order valence-corrected chi connectivity index (χ1v) is 8.18. The van der Waals surface area contributed by atoms with Gasteiger partial charge in [0.1, 0.15) is 5.75 Å². The molecule has 1 aliphatic heterocycles. The second-order valence-electron chi connectivity index (χ2n) is 4.67. The Labute approximate surface area is 131 Å². The summed E-state index contributed by atoms with van der Waals surface area (Å²) in [5, 5.41) is 3.50. The van der Waals surface area contributed by atoms with Crippen molar-refractivity contribution in [3.05, 3.63) is 26.6 Å². The standard InChI is InChI=1S/C14H19Br2NO2/c1-2-19-14-11(5-12(15)6-13(14)16)8-17-7-10-3-4-18-9-10/h5-6,10,17H,2-4,7-9H2,1H3. The van der Waals surface area contributed by atoms with Crippen LogP contribution in [0.15, 0.2) is 21.1 Å². The second-order valence-corrected chi connectivity index (χ2v) is 6.44. The predicted molar refractivity (Wildman–Crippen MR) is 83.6 cm³/mol. The van der Waals surface area contributed by atoms with Crippen LogP contribution in [0.5, 0.6) is 5.75 Å². The predicted octanol–water partition coefficient (Wildman–Crippen LogP) is 3.74. The lowest BCUT2D eigenvalue weighted by atomic mass is 10.1. The Hall–Kier alpha value is -0.100. The maximum Gasteiger partial charge on any atom is 0.138 e. The van der Waals surface area contributed by atoms with Crippen molar-refractivity contribution < 1.29 is 9.47 Å². The largest absolute Gasteiger partial charge is 0.492 e. The van der Waals surface area contributed by atoms with Gasteiger partial charge in [-0.2, -0.15) is 0 Å². The highest BCUT2D eigenvalue weighted by Crippen LogP contribution is 2.33. The Balaban J connectivity index is 1.97. The van der Waals surface area contributed by atoms with Crippen LogP contribution in [0, 0.1) is 5.92 Å². The zero-order chi connectivity index (χ0) is 13.7. The highest BCUT2D eigenvalue weighted by atomic mass is 79.9. The molecule has 0 radical (unpaired) electrons. The lowest BCUT2D eigenvalue weighted by Gasteiger charge is -2.15. The van der Waals surface area contributed by atoms with E-state index in [1.807, 2.05) is 13.0 Å². The van der Waals surface area contributed by atoms with Crippen LogP contribution in [0.3, 0.4) is 0 Å². The average molecular weight is 393 g/mol. The molecular formula is C14H19Br2NO2. The summed E-state index contributed by atoms with van der Waals surface area (Å²) in [5.74, 6) is 1.58. The van der Waals surface area contributed by atoms with Crippen molar-refractivity contribution in [3.8, 4) is 5.75 Å². The van der Waals surface area contributed by atoms with E-state index in [1.165, 1.54) is 5.56 Å². The molecular weight excluding hydrogens is 374 g/mol. The first kappa shape index (κ1) is 15.3. The van der Waals surface area contributed by atoms with E-state index >= 15 is 0 Å².